The minimum absolute atomic E-state index is 0.138. The van der Waals surface area contributed by atoms with Gasteiger partial charge < -0.3 is 4.90 Å². The van der Waals surface area contributed by atoms with Crippen LogP contribution < -0.4 is 0 Å². The Labute approximate surface area is 145 Å². The molecule has 1 saturated heterocycles. The Morgan fingerprint density at radius 2 is 1.92 bits per heavy atom. The van der Waals surface area contributed by atoms with Crippen molar-refractivity contribution in [3.05, 3.63) is 35.4 Å². The topological polar surface area (TPSA) is 54.5 Å². The van der Waals surface area contributed by atoms with Gasteiger partial charge in [0.2, 0.25) is 5.91 Å². The zero-order valence-corrected chi connectivity index (χ0v) is 15.4. The van der Waals surface area contributed by atoms with Gasteiger partial charge in [-0.15, -0.1) is 0 Å². The molecule has 2 aliphatic rings. The molecule has 3 rings (SSSR count). The van der Waals surface area contributed by atoms with E-state index in [0.29, 0.717) is 19.5 Å². The van der Waals surface area contributed by atoms with Gasteiger partial charge in [-0.3, -0.25) is 4.79 Å². The van der Waals surface area contributed by atoms with E-state index in [1.165, 1.54) is 11.8 Å². The molecule has 1 aromatic carbocycles. The molecule has 1 aromatic rings. The lowest BCUT2D eigenvalue weighted by atomic mass is 9.76. The van der Waals surface area contributed by atoms with Gasteiger partial charge in [0, 0.05) is 19.3 Å². The van der Waals surface area contributed by atoms with Crippen molar-refractivity contribution in [1.29, 1.82) is 0 Å². The number of hydrogen-bond donors (Lipinski definition) is 0. The number of carbonyl (C=O) groups is 1. The number of nitrogens with zero attached hydrogens (tertiary/aromatic N) is 1. The van der Waals surface area contributed by atoms with Crippen LogP contribution in [-0.2, 0) is 20.0 Å². The van der Waals surface area contributed by atoms with Gasteiger partial charge >= 0.3 is 0 Å². The maximum Gasteiger partial charge on any atom is 0.233 e. The molecule has 2 fully saturated rings. The third-order valence-electron chi connectivity index (χ3n) is 5.71. The van der Waals surface area contributed by atoms with E-state index in [2.05, 4.69) is 25.1 Å². The van der Waals surface area contributed by atoms with Crippen molar-refractivity contribution in [2.24, 2.45) is 0 Å². The Hall–Kier alpha value is -1.36. The zero-order chi connectivity index (χ0) is 17.4. The summed E-state index contributed by atoms with van der Waals surface area (Å²) in [5.74, 6) is 0.138. The molecule has 1 unspecified atom stereocenters. The lowest BCUT2D eigenvalue weighted by Gasteiger charge is -2.39. The molecule has 0 radical (unpaired) electrons. The van der Waals surface area contributed by atoms with Crippen molar-refractivity contribution in [1.82, 2.24) is 4.90 Å². The number of hydrogen-bond acceptors (Lipinski definition) is 3. The smallest absolute Gasteiger partial charge is 0.233 e. The van der Waals surface area contributed by atoms with Gasteiger partial charge in [0.05, 0.1) is 10.7 Å². The van der Waals surface area contributed by atoms with E-state index in [9.17, 15) is 13.2 Å². The van der Waals surface area contributed by atoms with E-state index in [-0.39, 0.29) is 5.91 Å². The number of aryl methyl sites for hydroxylation is 1. The lowest BCUT2D eigenvalue weighted by Crippen LogP contribution is -2.51. The second-order valence-electron chi connectivity index (χ2n) is 7.50. The summed E-state index contributed by atoms with van der Waals surface area (Å²) < 4.78 is 23.9. The van der Waals surface area contributed by atoms with E-state index in [1.54, 1.807) is 0 Å². The third-order valence-corrected chi connectivity index (χ3v) is 7.30. The summed E-state index contributed by atoms with van der Waals surface area (Å²) in [6.07, 6.45) is 6.58. The first kappa shape index (κ1) is 17.5. The number of rotatable bonds is 3. The summed E-state index contributed by atoms with van der Waals surface area (Å²) in [4.78, 5) is 15.3. The third kappa shape index (κ3) is 3.23. The quantitative estimate of drug-likeness (QED) is 0.843. The Morgan fingerprint density at radius 3 is 2.54 bits per heavy atom. The second-order valence-corrected chi connectivity index (χ2v) is 9.83. The first-order valence-corrected chi connectivity index (χ1v) is 10.8. The Balaban J connectivity index is 1.90. The van der Waals surface area contributed by atoms with Crippen LogP contribution in [0.5, 0.6) is 0 Å². The molecule has 1 aliphatic carbocycles. The molecule has 0 N–H and O–H groups in total. The standard InChI is InChI=1S/C19H27NO3S/c1-15-7-5-8-16(13-15)19(10-3-4-11-19)18(21)20-12-6-9-17(14-20)24(2,22)23/h5,7-8,13,17H,3-4,6,9-12,14H2,1-2H3. The first-order valence-electron chi connectivity index (χ1n) is 8.88. The monoisotopic (exact) mass is 349 g/mol. The molecule has 132 valence electrons. The zero-order valence-electron chi connectivity index (χ0n) is 14.6. The predicted octanol–water partition coefficient (Wildman–Crippen LogP) is 2.84. The number of carbonyl (C=O) groups excluding carboxylic acids is 1. The van der Waals surface area contributed by atoms with Gasteiger partial charge in [-0.05, 0) is 38.2 Å². The average molecular weight is 349 g/mol. The summed E-state index contributed by atoms with van der Waals surface area (Å²) in [6.45, 7) is 3.08. The fourth-order valence-corrected chi connectivity index (χ4v) is 5.37. The lowest BCUT2D eigenvalue weighted by molar-refractivity contribution is -0.138. The fourth-order valence-electron chi connectivity index (χ4n) is 4.32. The highest BCUT2D eigenvalue weighted by atomic mass is 32.2. The van der Waals surface area contributed by atoms with Crippen molar-refractivity contribution in [2.75, 3.05) is 19.3 Å². The SMILES string of the molecule is Cc1cccc(C2(C(=O)N3CCCC(S(C)(=O)=O)C3)CCCC2)c1. The summed E-state index contributed by atoms with van der Waals surface area (Å²) in [7, 11) is -3.10. The van der Waals surface area contributed by atoms with Crippen molar-refractivity contribution in [3.63, 3.8) is 0 Å². The van der Waals surface area contributed by atoms with Crippen LogP contribution in [0.25, 0.3) is 0 Å². The van der Waals surface area contributed by atoms with E-state index in [0.717, 1.165) is 37.7 Å². The van der Waals surface area contributed by atoms with Crippen molar-refractivity contribution >= 4 is 15.7 Å². The maximum atomic E-state index is 13.4. The Bertz CT molecular complexity index is 720. The highest BCUT2D eigenvalue weighted by Gasteiger charge is 2.46. The molecular weight excluding hydrogens is 322 g/mol. The normalized spacial score (nSPS) is 24.1. The van der Waals surface area contributed by atoms with Gasteiger partial charge in [0.15, 0.2) is 9.84 Å². The van der Waals surface area contributed by atoms with Gasteiger partial charge in [-0.2, -0.15) is 0 Å². The van der Waals surface area contributed by atoms with Crippen LogP contribution in [0.2, 0.25) is 0 Å². The molecule has 1 atom stereocenters. The Morgan fingerprint density at radius 1 is 1.21 bits per heavy atom. The van der Waals surface area contributed by atoms with Crippen LogP contribution in [0.4, 0.5) is 0 Å². The number of sulfone groups is 1. The minimum atomic E-state index is -3.10. The molecule has 1 saturated carbocycles. The molecule has 24 heavy (non-hydrogen) atoms. The molecule has 0 spiro atoms. The van der Waals surface area contributed by atoms with Crippen molar-refractivity contribution in [3.8, 4) is 0 Å². The molecule has 5 heteroatoms. The predicted molar refractivity (Wildman–Crippen MR) is 95.8 cm³/mol. The summed E-state index contributed by atoms with van der Waals surface area (Å²) in [5.41, 5.74) is 1.82. The van der Waals surface area contributed by atoms with Crippen LogP contribution in [0.15, 0.2) is 24.3 Å². The van der Waals surface area contributed by atoms with Gasteiger partial charge in [0.1, 0.15) is 0 Å². The van der Waals surface area contributed by atoms with E-state index < -0.39 is 20.5 Å². The maximum absolute atomic E-state index is 13.4. The average Bonchev–Trinajstić information content (AvgIpc) is 3.04. The highest BCUT2D eigenvalue weighted by Crippen LogP contribution is 2.43. The van der Waals surface area contributed by atoms with Crippen LogP contribution in [0.1, 0.15) is 49.7 Å². The van der Waals surface area contributed by atoms with Crippen LogP contribution in [0, 0.1) is 6.92 Å². The number of amides is 1. The van der Waals surface area contributed by atoms with Crippen LogP contribution >= 0.6 is 0 Å². The van der Waals surface area contributed by atoms with E-state index in [4.69, 9.17) is 0 Å². The molecule has 0 aromatic heterocycles. The minimum Gasteiger partial charge on any atom is -0.341 e. The molecular formula is C19H27NO3S. The van der Waals surface area contributed by atoms with E-state index >= 15 is 0 Å². The second kappa shape index (κ2) is 6.51. The number of benzene rings is 1. The number of piperidine rings is 1. The largest absolute Gasteiger partial charge is 0.341 e. The fraction of sp³-hybridized carbons (Fsp3) is 0.632. The van der Waals surface area contributed by atoms with Crippen molar-refractivity contribution in [2.45, 2.75) is 56.1 Å². The first-order chi connectivity index (χ1) is 11.3. The highest BCUT2D eigenvalue weighted by molar-refractivity contribution is 7.91. The van der Waals surface area contributed by atoms with Crippen LogP contribution in [0.3, 0.4) is 0 Å². The summed E-state index contributed by atoms with van der Waals surface area (Å²) in [6, 6.07) is 8.26. The molecule has 0 bridgehead atoms. The van der Waals surface area contributed by atoms with Gasteiger partial charge in [0.25, 0.3) is 0 Å². The molecule has 4 nitrogen and oxygen atoms in total. The summed E-state index contributed by atoms with van der Waals surface area (Å²) in [5, 5.41) is -0.411. The Kier molecular flexibility index (Phi) is 4.73. The molecule has 1 aliphatic heterocycles. The molecule has 1 heterocycles. The van der Waals surface area contributed by atoms with E-state index in [1.807, 2.05) is 11.0 Å². The van der Waals surface area contributed by atoms with Crippen molar-refractivity contribution < 1.29 is 13.2 Å². The summed E-state index contributed by atoms with van der Waals surface area (Å²) >= 11 is 0. The number of likely N-dealkylation sites (tertiary alicyclic amines) is 1. The van der Waals surface area contributed by atoms with Gasteiger partial charge in [-0.25, -0.2) is 8.42 Å². The molecule has 1 amide bonds. The van der Waals surface area contributed by atoms with Crippen LogP contribution in [-0.4, -0.2) is 43.8 Å². The van der Waals surface area contributed by atoms with Gasteiger partial charge in [-0.1, -0.05) is 42.7 Å².